The first-order chi connectivity index (χ1) is 4.83. The number of aliphatic hydroxyl groups excluding tert-OH is 1. The molecule has 0 bridgehead atoms. The standard InChI is InChI=1S/C8H15NO/c1-2-5-9-6-3-8(10)4-7-9/h2,8,10H,1,3-7H2. The van der Waals surface area contributed by atoms with Crippen molar-refractivity contribution in [1.29, 1.82) is 0 Å². The number of nitrogens with zero attached hydrogens (tertiary/aromatic N) is 1. The van der Waals surface area contributed by atoms with Crippen molar-refractivity contribution >= 4 is 0 Å². The van der Waals surface area contributed by atoms with Crippen LogP contribution >= 0.6 is 0 Å². The van der Waals surface area contributed by atoms with Gasteiger partial charge in [0, 0.05) is 19.6 Å². The van der Waals surface area contributed by atoms with Gasteiger partial charge in [0.2, 0.25) is 0 Å². The monoisotopic (exact) mass is 141 g/mol. The molecular formula is C8H15NO. The smallest absolute Gasteiger partial charge is 0.0564 e. The van der Waals surface area contributed by atoms with E-state index in [1.54, 1.807) is 0 Å². The fourth-order valence-corrected chi connectivity index (χ4v) is 1.28. The molecule has 1 aliphatic heterocycles. The normalized spacial score (nSPS) is 22.9. The lowest BCUT2D eigenvalue weighted by atomic mass is 10.1. The summed E-state index contributed by atoms with van der Waals surface area (Å²) in [5.41, 5.74) is 0. The Kier molecular flexibility index (Phi) is 2.90. The third-order valence-corrected chi connectivity index (χ3v) is 1.94. The van der Waals surface area contributed by atoms with Gasteiger partial charge in [-0.1, -0.05) is 6.08 Å². The third kappa shape index (κ3) is 2.12. The predicted molar refractivity (Wildman–Crippen MR) is 41.9 cm³/mol. The summed E-state index contributed by atoms with van der Waals surface area (Å²) < 4.78 is 0. The van der Waals surface area contributed by atoms with E-state index in [0.29, 0.717) is 0 Å². The average molecular weight is 141 g/mol. The summed E-state index contributed by atoms with van der Waals surface area (Å²) in [6, 6.07) is 0. The van der Waals surface area contributed by atoms with E-state index in [0.717, 1.165) is 32.5 Å². The lowest BCUT2D eigenvalue weighted by Gasteiger charge is -2.28. The fourth-order valence-electron chi connectivity index (χ4n) is 1.28. The summed E-state index contributed by atoms with van der Waals surface area (Å²) in [5.74, 6) is 0. The number of piperidine rings is 1. The summed E-state index contributed by atoms with van der Waals surface area (Å²) in [5, 5.41) is 9.14. The molecule has 1 aliphatic rings. The molecule has 1 saturated heterocycles. The zero-order valence-corrected chi connectivity index (χ0v) is 6.29. The van der Waals surface area contributed by atoms with Crippen LogP contribution in [0, 0.1) is 0 Å². The summed E-state index contributed by atoms with van der Waals surface area (Å²) in [6.07, 6.45) is 3.71. The van der Waals surface area contributed by atoms with Crippen LogP contribution in [0.3, 0.4) is 0 Å². The maximum absolute atomic E-state index is 9.14. The number of hydrogen-bond acceptors (Lipinski definition) is 2. The molecule has 10 heavy (non-hydrogen) atoms. The number of aliphatic hydroxyl groups is 1. The summed E-state index contributed by atoms with van der Waals surface area (Å²) in [4.78, 5) is 2.31. The summed E-state index contributed by atoms with van der Waals surface area (Å²) >= 11 is 0. The molecule has 0 unspecified atom stereocenters. The first-order valence-electron chi connectivity index (χ1n) is 3.84. The molecule has 2 heteroatoms. The molecule has 0 radical (unpaired) electrons. The van der Waals surface area contributed by atoms with Crippen molar-refractivity contribution in [3.8, 4) is 0 Å². The van der Waals surface area contributed by atoms with E-state index in [1.807, 2.05) is 6.08 Å². The lowest BCUT2D eigenvalue weighted by Crippen LogP contribution is -2.35. The first kappa shape index (κ1) is 7.76. The number of rotatable bonds is 2. The molecule has 0 aromatic rings. The molecule has 0 aromatic heterocycles. The highest BCUT2D eigenvalue weighted by Crippen LogP contribution is 2.08. The van der Waals surface area contributed by atoms with Crippen LogP contribution in [0.4, 0.5) is 0 Å². The second-order valence-corrected chi connectivity index (χ2v) is 2.82. The van der Waals surface area contributed by atoms with Gasteiger partial charge in [-0.25, -0.2) is 0 Å². The highest BCUT2D eigenvalue weighted by Gasteiger charge is 2.14. The topological polar surface area (TPSA) is 23.5 Å². The quantitative estimate of drug-likeness (QED) is 0.570. The second kappa shape index (κ2) is 3.74. The van der Waals surface area contributed by atoms with Crippen LogP contribution in [-0.2, 0) is 0 Å². The largest absolute Gasteiger partial charge is 0.393 e. The fraction of sp³-hybridized carbons (Fsp3) is 0.750. The Labute approximate surface area is 62.2 Å². The number of likely N-dealkylation sites (tertiary alicyclic amines) is 1. The second-order valence-electron chi connectivity index (χ2n) is 2.82. The SMILES string of the molecule is C=CCN1CCC(O)CC1. The molecule has 0 atom stereocenters. The van der Waals surface area contributed by atoms with Gasteiger partial charge in [-0.2, -0.15) is 0 Å². The van der Waals surface area contributed by atoms with E-state index >= 15 is 0 Å². The molecule has 1 fully saturated rings. The molecule has 0 spiro atoms. The molecule has 2 nitrogen and oxygen atoms in total. The van der Waals surface area contributed by atoms with Gasteiger partial charge in [0.25, 0.3) is 0 Å². The summed E-state index contributed by atoms with van der Waals surface area (Å²) in [7, 11) is 0. The van der Waals surface area contributed by atoms with Crippen molar-refractivity contribution in [1.82, 2.24) is 4.90 Å². The Morgan fingerprint density at radius 1 is 1.50 bits per heavy atom. The minimum absolute atomic E-state index is 0.0546. The molecule has 0 aromatic carbocycles. The molecule has 0 aliphatic carbocycles. The molecule has 0 saturated carbocycles. The van der Waals surface area contributed by atoms with E-state index in [2.05, 4.69) is 11.5 Å². The van der Waals surface area contributed by atoms with Gasteiger partial charge in [-0.05, 0) is 12.8 Å². The number of hydrogen-bond donors (Lipinski definition) is 1. The molecule has 1 heterocycles. The van der Waals surface area contributed by atoms with Crippen LogP contribution in [0.2, 0.25) is 0 Å². The van der Waals surface area contributed by atoms with E-state index in [-0.39, 0.29) is 6.10 Å². The van der Waals surface area contributed by atoms with Crippen LogP contribution < -0.4 is 0 Å². The van der Waals surface area contributed by atoms with E-state index in [4.69, 9.17) is 5.11 Å². The van der Waals surface area contributed by atoms with Crippen LogP contribution in [0.25, 0.3) is 0 Å². The minimum Gasteiger partial charge on any atom is -0.393 e. The van der Waals surface area contributed by atoms with Crippen molar-refractivity contribution in [2.24, 2.45) is 0 Å². The molecular weight excluding hydrogens is 126 g/mol. The lowest BCUT2D eigenvalue weighted by molar-refractivity contribution is 0.0880. The Balaban J connectivity index is 2.19. The van der Waals surface area contributed by atoms with Gasteiger partial charge in [0.15, 0.2) is 0 Å². The minimum atomic E-state index is -0.0546. The zero-order valence-electron chi connectivity index (χ0n) is 6.29. The van der Waals surface area contributed by atoms with Gasteiger partial charge < -0.3 is 5.11 Å². The molecule has 0 amide bonds. The van der Waals surface area contributed by atoms with Gasteiger partial charge >= 0.3 is 0 Å². The van der Waals surface area contributed by atoms with Crippen LogP contribution in [-0.4, -0.2) is 35.7 Å². The Morgan fingerprint density at radius 2 is 2.10 bits per heavy atom. The van der Waals surface area contributed by atoms with Gasteiger partial charge in [0.1, 0.15) is 0 Å². The Hall–Kier alpha value is -0.340. The van der Waals surface area contributed by atoms with Crippen molar-refractivity contribution in [3.63, 3.8) is 0 Å². The summed E-state index contributed by atoms with van der Waals surface area (Å²) in [6.45, 7) is 6.68. The maximum atomic E-state index is 9.14. The van der Waals surface area contributed by atoms with Crippen molar-refractivity contribution in [2.45, 2.75) is 18.9 Å². The Bertz CT molecular complexity index is 106. The van der Waals surface area contributed by atoms with Crippen LogP contribution in [0.1, 0.15) is 12.8 Å². The van der Waals surface area contributed by atoms with Crippen molar-refractivity contribution < 1.29 is 5.11 Å². The molecule has 58 valence electrons. The van der Waals surface area contributed by atoms with Gasteiger partial charge in [-0.15, -0.1) is 6.58 Å². The van der Waals surface area contributed by atoms with E-state index in [1.165, 1.54) is 0 Å². The zero-order chi connectivity index (χ0) is 7.40. The maximum Gasteiger partial charge on any atom is 0.0564 e. The van der Waals surface area contributed by atoms with Crippen molar-refractivity contribution in [2.75, 3.05) is 19.6 Å². The molecule has 1 N–H and O–H groups in total. The van der Waals surface area contributed by atoms with Crippen LogP contribution in [0.15, 0.2) is 12.7 Å². The average Bonchev–Trinajstić information content (AvgIpc) is 1.95. The van der Waals surface area contributed by atoms with Gasteiger partial charge in [0.05, 0.1) is 6.10 Å². The van der Waals surface area contributed by atoms with Crippen LogP contribution in [0.5, 0.6) is 0 Å². The first-order valence-corrected chi connectivity index (χ1v) is 3.84. The molecule has 1 rings (SSSR count). The predicted octanol–water partition coefficient (Wildman–Crippen LogP) is 0.629. The highest BCUT2D eigenvalue weighted by molar-refractivity contribution is 4.77. The van der Waals surface area contributed by atoms with Gasteiger partial charge in [-0.3, -0.25) is 4.90 Å². The van der Waals surface area contributed by atoms with E-state index < -0.39 is 0 Å². The Morgan fingerprint density at radius 3 is 2.60 bits per heavy atom. The highest BCUT2D eigenvalue weighted by atomic mass is 16.3. The van der Waals surface area contributed by atoms with Crippen molar-refractivity contribution in [3.05, 3.63) is 12.7 Å². The third-order valence-electron chi connectivity index (χ3n) is 1.94. The van der Waals surface area contributed by atoms with E-state index in [9.17, 15) is 0 Å².